The first-order valence-corrected chi connectivity index (χ1v) is 10.5. The first-order valence-electron chi connectivity index (χ1n) is 9.16. The Morgan fingerprint density at radius 3 is 2.68 bits per heavy atom. The van der Waals surface area contributed by atoms with Crippen molar-refractivity contribution in [2.45, 2.75) is 10.9 Å². The number of carbonyl (C=O) groups excluding carboxylic acids is 2. The van der Waals surface area contributed by atoms with Gasteiger partial charge in [0.2, 0.25) is 0 Å². The van der Waals surface area contributed by atoms with Gasteiger partial charge in [0.15, 0.2) is 10.9 Å². The molecule has 2 aromatic heterocycles. The third-order valence-electron chi connectivity index (χ3n) is 4.43. The number of ether oxygens (including phenoxy) is 1. The lowest BCUT2D eigenvalue weighted by Gasteiger charge is -2.09. The summed E-state index contributed by atoms with van der Waals surface area (Å²) < 4.78 is 10.6. The van der Waals surface area contributed by atoms with E-state index in [0.717, 1.165) is 5.39 Å². The van der Waals surface area contributed by atoms with Crippen LogP contribution in [0.3, 0.4) is 0 Å². The third-order valence-corrected chi connectivity index (χ3v) is 5.66. The minimum atomic E-state index is -0.532. The summed E-state index contributed by atoms with van der Waals surface area (Å²) in [6.07, 6.45) is 3.32. The second kappa shape index (κ2) is 9.20. The molecule has 0 bridgehead atoms. The number of hydrogen-bond donors (Lipinski definition) is 1. The molecule has 9 heteroatoms. The van der Waals surface area contributed by atoms with Crippen LogP contribution in [0.2, 0.25) is 5.02 Å². The highest BCUT2D eigenvalue weighted by Gasteiger charge is 2.22. The molecule has 0 atom stereocenters. The Kier molecular flexibility index (Phi) is 6.20. The molecule has 2 heterocycles. The second-order valence-corrected chi connectivity index (χ2v) is 7.72. The minimum Gasteiger partial charge on any atom is -0.465 e. The van der Waals surface area contributed by atoms with Gasteiger partial charge in [-0.2, -0.15) is 0 Å². The van der Waals surface area contributed by atoms with Gasteiger partial charge in [-0.3, -0.25) is 4.79 Å². The number of rotatable bonds is 6. The molecule has 156 valence electrons. The summed E-state index contributed by atoms with van der Waals surface area (Å²) in [6.45, 7) is 0. The molecule has 0 radical (unpaired) electrons. The van der Waals surface area contributed by atoms with E-state index >= 15 is 0 Å². The molecule has 1 N–H and O–H groups in total. The molecule has 0 saturated heterocycles. The fourth-order valence-electron chi connectivity index (χ4n) is 2.97. The van der Waals surface area contributed by atoms with E-state index in [2.05, 4.69) is 15.3 Å². The number of nitrogens with zero attached hydrogens (tertiary/aromatic N) is 2. The van der Waals surface area contributed by atoms with E-state index in [1.54, 1.807) is 24.5 Å². The lowest BCUT2D eigenvalue weighted by molar-refractivity contribution is 0.0600. The van der Waals surface area contributed by atoms with E-state index in [1.165, 1.54) is 37.1 Å². The molecule has 0 fully saturated rings. The van der Waals surface area contributed by atoms with Crippen LogP contribution in [0.15, 0.2) is 70.5 Å². The van der Waals surface area contributed by atoms with Gasteiger partial charge in [0.25, 0.3) is 5.91 Å². The van der Waals surface area contributed by atoms with Crippen molar-refractivity contribution < 1.29 is 18.7 Å². The zero-order valence-electron chi connectivity index (χ0n) is 16.3. The predicted octanol–water partition coefficient (Wildman–Crippen LogP) is 5.21. The topological polar surface area (TPSA) is 94.3 Å². The van der Waals surface area contributed by atoms with Crippen LogP contribution >= 0.6 is 23.4 Å². The fraction of sp³-hybridized carbons (Fsp3) is 0.0909. The molecule has 7 nitrogen and oxygen atoms in total. The highest BCUT2D eigenvalue weighted by atomic mass is 35.5. The Labute approximate surface area is 186 Å². The highest BCUT2D eigenvalue weighted by Crippen LogP contribution is 2.32. The fourth-order valence-corrected chi connectivity index (χ4v) is 3.96. The first kappa shape index (κ1) is 20.9. The Morgan fingerprint density at radius 1 is 1.13 bits per heavy atom. The summed E-state index contributed by atoms with van der Waals surface area (Å²) in [5, 5.41) is 4.43. The van der Waals surface area contributed by atoms with Crippen molar-refractivity contribution in [3.63, 3.8) is 0 Å². The summed E-state index contributed by atoms with van der Waals surface area (Å²) in [6, 6.07) is 13.6. The summed E-state index contributed by atoms with van der Waals surface area (Å²) in [7, 11) is 1.28. The maximum Gasteiger partial charge on any atom is 0.337 e. The number of esters is 1. The lowest BCUT2D eigenvalue weighted by Crippen LogP contribution is -2.14. The SMILES string of the molecule is COC(=O)c1ccc(Cl)c(NC(=O)c2oc3ccccc3c2CSc2ncccn2)c1. The molecule has 4 rings (SSSR count). The summed E-state index contributed by atoms with van der Waals surface area (Å²) in [5.41, 5.74) is 1.85. The van der Waals surface area contributed by atoms with Gasteiger partial charge in [0.1, 0.15) is 5.58 Å². The van der Waals surface area contributed by atoms with Crippen LogP contribution in [-0.2, 0) is 10.5 Å². The largest absolute Gasteiger partial charge is 0.465 e. The number of carbonyl (C=O) groups is 2. The zero-order valence-corrected chi connectivity index (χ0v) is 17.9. The number of benzene rings is 2. The van der Waals surface area contributed by atoms with E-state index in [0.29, 0.717) is 22.1 Å². The van der Waals surface area contributed by atoms with Gasteiger partial charge in [0.05, 0.1) is 23.4 Å². The molecule has 1 amide bonds. The number of amides is 1. The van der Waals surface area contributed by atoms with Crippen molar-refractivity contribution in [3.05, 3.63) is 82.8 Å². The van der Waals surface area contributed by atoms with Gasteiger partial charge in [-0.15, -0.1) is 0 Å². The maximum atomic E-state index is 13.1. The number of anilines is 1. The predicted molar refractivity (Wildman–Crippen MR) is 119 cm³/mol. The number of halogens is 1. The molecule has 0 spiro atoms. The normalized spacial score (nSPS) is 10.8. The molecule has 0 unspecified atom stereocenters. The average Bonchev–Trinajstić information content (AvgIpc) is 3.18. The summed E-state index contributed by atoms with van der Waals surface area (Å²) in [5.74, 6) is -0.426. The molecule has 31 heavy (non-hydrogen) atoms. The van der Waals surface area contributed by atoms with Gasteiger partial charge in [0, 0.05) is 29.1 Å². The van der Waals surface area contributed by atoms with Crippen molar-refractivity contribution in [2.75, 3.05) is 12.4 Å². The molecule has 0 aliphatic heterocycles. The van der Waals surface area contributed by atoms with E-state index in [4.69, 9.17) is 20.8 Å². The van der Waals surface area contributed by atoms with Gasteiger partial charge in [-0.25, -0.2) is 14.8 Å². The van der Waals surface area contributed by atoms with E-state index < -0.39 is 11.9 Å². The van der Waals surface area contributed by atoms with Crippen molar-refractivity contribution in [2.24, 2.45) is 0 Å². The minimum absolute atomic E-state index is 0.157. The molecule has 4 aromatic rings. The number of thioether (sulfide) groups is 1. The molecule has 0 saturated carbocycles. The Morgan fingerprint density at radius 2 is 1.90 bits per heavy atom. The molecular weight excluding hydrogens is 438 g/mol. The zero-order chi connectivity index (χ0) is 21.8. The Hall–Kier alpha value is -3.36. The molecule has 0 aliphatic carbocycles. The van der Waals surface area contributed by atoms with Crippen molar-refractivity contribution in [1.29, 1.82) is 0 Å². The van der Waals surface area contributed by atoms with E-state index in [9.17, 15) is 9.59 Å². The van der Waals surface area contributed by atoms with Crippen LogP contribution < -0.4 is 5.32 Å². The van der Waals surface area contributed by atoms with Gasteiger partial charge < -0.3 is 14.5 Å². The summed E-state index contributed by atoms with van der Waals surface area (Å²) >= 11 is 7.61. The standard InChI is InChI=1S/C22H16ClN3O4S/c1-29-21(28)13-7-8-16(23)17(11-13)26-20(27)19-15(12-31-22-24-9-4-10-25-22)14-5-2-3-6-18(14)30-19/h2-11H,12H2,1H3,(H,26,27). The van der Waals surface area contributed by atoms with Crippen molar-refractivity contribution in [1.82, 2.24) is 9.97 Å². The highest BCUT2D eigenvalue weighted by molar-refractivity contribution is 7.98. The third kappa shape index (κ3) is 4.55. The van der Waals surface area contributed by atoms with Crippen LogP contribution in [-0.4, -0.2) is 29.0 Å². The lowest BCUT2D eigenvalue weighted by atomic mass is 10.1. The Bertz CT molecular complexity index is 1260. The molecule has 2 aromatic carbocycles. The smallest absolute Gasteiger partial charge is 0.337 e. The van der Waals surface area contributed by atoms with E-state index in [1.807, 2.05) is 18.2 Å². The van der Waals surface area contributed by atoms with Crippen LogP contribution in [0.1, 0.15) is 26.5 Å². The molecular formula is C22H16ClN3O4S. The maximum absolute atomic E-state index is 13.1. The van der Waals surface area contributed by atoms with Gasteiger partial charge in [-0.1, -0.05) is 41.6 Å². The van der Waals surface area contributed by atoms with Crippen LogP contribution in [0, 0.1) is 0 Å². The van der Waals surface area contributed by atoms with Crippen molar-refractivity contribution in [3.8, 4) is 0 Å². The average molecular weight is 454 g/mol. The van der Waals surface area contributed by atoms with Crippen LogP contribution in [0.5, 0.6) is 0 Å². The second-order valence-electron chi connectivity index (χ2n) is 6.37. The molecule has 0 aliphatic rings. The van der Waals surface area contributed by atoms with Crippen molar-refractivity contribution >= 4 is 51.9 Å². The van der Waals surface area contributed by atoms with Gasteiger partial charge >= 0.3 is 5.97 Å². The number of fused-ring (bicyclic) bond motifs is 1. The number of nitrogens with one attached hydrogen (secondary N) is 1. The Balaban J connectivity index is 1.66. The number of para-hydroxylation sites is 1. The first-order chi connectivity index (χ1) is 15.1. The number of hydrogen-bond acceptors (Lipinski definition) is 7. The quantitative estimate of drug-likeness (QED) is 0.243. The van der Waals surface area contributed by atoms with E-state index in [-0.39, 0.29) is 22.0 Å². The van der Waals surface area contributed by atoms with Crippen LogP contribution in [0.25, 0.3) is 11.0 Å². The van der Waals surface area contributed by atoms with Crippen LogP contribution in [0.4, 0.5) is 5.69 Å². The number of aromatic nitrogens is 2. The monoisotopic (exact) mass is 453 g/mol. The number of furan rings is 1. The summed E-state index contributed by atoms with van der Waals surface area (Å²) in [4.78, 5) is 33.3. The van der Waals surface area contributed by atoms with Gasteiger partial charge in [-0.05, 0) is 30.3 Å². The number of methoxy groups -OCH3 is 1.